The first-order valence-electron chi connectivity index (χ1n) is 10.6. The van der Waals surface area contributed by atoms with Crippen molar-refractivity contribution >= 4 is 17.7 Å². The second-order valence-corrected chi connectivity index (χ2v) is 7.76. The average Bonchev–Trinajstić information content (AvgIpc) is 3.54. The van der Waals surface area contributed by atoms with Crippen molar-refractivity contribution < 1.29 is 23.5 Å². The highest BCUT2D eigenvalue weighted by atomic mass is 19.1. The third kappa shape index (κ3) is 4.45. The molecule has 0 unspecified atom stereocenters. The minimum Gasteiger partial charge on any atom is -0.493 e. The van der Waals surface area contributed by atoms with Crippen LogP contribution in [0.15, 0.2) is 48.8 Å². The molecule has 2 aromatic carbocycles. The quantitative estimate of drug-likeness (QED) is 0.554. The van der Waals surface area contributed by atoms with Crippen LogP contribution in [0.25, 0.3) is 5.69 Å². The first kappa shape index (κ1) is 22.9. The van der Waals surface area contributed by atoms with Crippen LogP contribution in [0.1, 0.15) is 39.1 Å². The van der Waals surface area contributed by atoms with Crippen molar-refractivity contribution in [2.75, 3.05) is 13.7 Å². The summed E-state index contributed by atoms with van der Waals surface area (Å²) in [6.07, 6.45) is 4.07. The van der Waals surface area contributed by atoms with Gasteiger partial charge in [0.1, 0.15) is 6.04 Å². The van der Waals surface area contributed by atoms with E-state index in [1.807, 2.05) is 13.0 Å². The molecule has 2 heterocycles. The Balaban J connectivity index is 1.49. The first-order valence-corrected chi connectivity index (χ1v) is 10.6. The number of carbonyl (C=O) groups excluding carboxylic acids is 3. The molecule has 1 fully saturated rings. The minimum atomic E-state index is -0.791. The number of hydrogen-bond donors (Lipinski definition) is 2. The Bertz CT molecular complexity index is 1230. The van der Waals surface area contributed by atoms with Gasteiger partial charge in [-0.2, -0.15) is 15.0 Å². The Morgan fingerprint density at radius 2 is 1.85 bits per heavy atom. The summed E-state index contributed by atoms with van der Waals surface area (Å²) in [4.78, 5) is 41.6. The first-order chi connectivity index (χ1) is 16.4. The fourth-order valence-corrected chi connectivity index (χ4v) is 3.94. The Morgan fingerprint density at radius 1 is 1.09 bits per heavy atom. The highest BCUT2D eigenvalue weighted by molar-refractivity contribution is 6.02. The van der Waals surface area contributed by atoms with E-state index in [9.17, 15) is 18.8 Å². The lowest BCUT2D eigenvalue weighted by atomic mass is 10.1. The minimum absolute atomic E-state index is 0.0710. The molecular formula is C23H23FN6O4. The molecule has 10 nitrogen and oxygen atoms in total. The maximum absolute atomic E-state index is 13.9. The molecule has 1 saturated heterocycles. The van der Waals surface area contributed by atoms with Crippen molar-refractivity contribution in [3.8, 4) is 11.4 Å². The van der Waals surface area contributed by atoms with Gasteiger partial charge in [-0.25, -0.2) is 4.39 Å². The fraction of sp³-hybridized carbons (Fsp3) is 0.261. The molecule has 0 aliphatic carbocycles. The van der Waals surface area contributed by atoms with Crippen LogP contribution in [0.2, 0.25) is 0 Å². The maximum Gasteiger partial charge on any atom is 0.273 e. The number of ether oxygens (including phenoxy) is 1. The van der Waals surface area contributed by atoms with Crippen molar-refractivity contribution in [1.82, 2.24) is 30.7 Å². The van der Waals surface area contributed by atoms with Gasteiger partial charge in [0.25, 0.3) is 17.7 Å². The summed E-state index contributed by atoms with van der Waals surface area (Å²) >= 11 is 0. The number of nitrogens with one attached hydrogen (secondary N) is 2. The molecule has 1 aromatic heterocycles. The molecule has 0 spiro atoms. The van der Waals surface area contributed by atoms with Crippen LogP contribution in [0.4, 0.5) is 4.39 Å². The smallest absolute Gasteiger partial charge is 0.273 e. The molecule has 176 valence electrons. The van der Waals surface area contributed by atoms with E-state index in [0.717, 1.165) is 11.6 Å². The molecule has 1 aliphatic heterocycles. The number of rotatable bonds is 5. The molecule has 3 amide bonds. The van der Waals surface area contributed by atoms with Crippen LogP contribution >= 0.6 is 0 Å². The van der Waals surface area contributed by atoms with Gasteiger partial charge in [0.05, 0.1) is 36.3 Å². The van der Waals surface area contributed by atoms with Crippen molar-refractivity contribution in [2.45, 2.75) is 25.8 Å². The predicted octanol–water partition coefficient (Wildman–Crippen LogP) is 1.79. The Hall–Kier alpha value is -4.28. The molecular weight excluding hydrogens is 443 g/mol. The van der Waals surface area contributed by atoms with Crippen molar-refractivity contribution in [3.05, 3.63) is 71.3 Å². The topological polar surface area (TPSA) is 118 Å². The highest BCUT2D eigenvalue weighted by Crippen LogP contribution is 2.24. The molecule has 1 atom stereocenters. The van der Waals surface area contributed by atoms with E-state index >= 15 is 0 Å². The third-order valence-corrected chi connectivity index (χ3v) is 5.55. The van der Waals surface area contributed by atoms with Gasteiger partial charge in [0.15, 0.2) is 11.6 Å². The molecule has 34 heavy (non-hydrogen) atoms. The van der Waals surface area contributed by atoms with E-state index in [4.69, 9.17) is 4.74 Å². The summed E-state index contributed by atoms with van der Waals surface area (Å²) in [5.74, 6) is -2.57. The molecule has 0 saturated carbocycles. The van der Waals surface area contributed by atoms with Crippen LogP contribution in [0.3, 0.4) is 0 Å². The second kappa shape index (κ2) is 9.69. The normalized spacial score (nSPS) is 15.1. The van der Waals surface area contributed by atoms with E-state index < -0.39 is 23.7 Å². The van der Waals surface area contributed by atoms with Crippen LogP contribution in [0.5, 0.6) is 5.75 Å². The molecule has 4 rings (SSSR count). The zero-order valence-electron chi connectivity index (χ0n) is 18.6. The van der Waals surface area contributed by atoms with E-state index in [-0.39, 0.29) is 17.2 Å². The summed E-state index contributed by atoms with van der Waals surface area (Å²) < 4.78 is 18.8. The zero-order valence-corrected chi connectivity index (χ0v) is 18.6. The van der Waals surface area contributed by atoms with Crippen LogP contribution in [-0.2, 0) is 4.79 Å². The lowest BCUT2D eigenvalue weighted by Gasteiger charge is -2.25. The van der Waals surface area contributed by atoms with Gasteiger partial charge in [-0.3, -0.25) is 25.2 Å². The summed E-state index contributed by atoms with van der Waals surface area (Å²) in [6, 6.07) is 8.43. The zero-order chi connectivity index (χ0) is 24.2. The van der Waals surface area contributed by atoms with E-state index in [1.165, 1.54) is 41.3 Å². The number of nitrogens with zero attached hydrogens (tertiary/aromatic N) is 4. The number of amides is 3. The average molecular weight is 466 g/mol. The molecule has 11 heteroatoms. The van der Waals surface area contributed by atoms with Gasteiger partial charge in [-0.1, -0.05) is 17.7 Å². The van der Waals surface area contributed by atoms with Crippen LogP contribution in [0, 0.1) is 12.7 Å². The number of hydrogen-bond acceptors (Lipinski definition) is 6. The number of carbonyl (C=O) groups is 3. The monoisotopic (exact) mass is 466 g/mol. The van der Waals surface area contributed by atoms with E-state index in [0.29, 0.717) is 30.6 Å². The number of benzene rings is 2. The van der Waals surface area contributed by atoms with E-state index in [1.54, 1.807) is 12.1 Å². The number of aromatic nitrogens is 3. The number of aryl methyl sites for hydroxylation is 1. The predicted molar refractivity (Wildman–Crippen MR) is 119 cm³/mol. The Kier molecular flexibility index (Phi) is 6.53. The highest BCUT2D eigenvalue weighted by Gasteiger charge is 2.36. The van der Waals surface area contributed by atoms with Gasteiger partial charge < -0.3 is 9.64 Å². The summed E-state index contributed by atoms with van der Waals surface area (Å²) in [5, 5.41) is 8.22. The maximum atomic E-state index is 13.9. The molecule has 1 aliphatic rings. The summed E-state index contributed by atoms with van der Waals surface area (Å²) in [5.41, 5.74) is 6.28. The molecule has 0 radical (unpaired) electrons. The number of hydrazine groups is 1. The van der Waals surface area contributed by atoms with Crippen molar-refractivity contribution in [2.24, 2.45) is 0 Å². The Labute approximate surface area is 194 Å². The second-order valence-electron chi connectivity index (χ2n) is 7.76. The molecule has 3 aromatic rings. The number of halogens is 1. The number of para-hydroxylation sites is 1. The molecule has 2 N–H and O–H groups in total. The Morgan fingerprint density at radius 3 is 2.59 bits per heavy atom. The van der Waals surface area contributed by atoms with Crippen LogP contribution < -0.4 is 15.6 Å². The van der Waals surface area contributed by atoms with Gasteiger partial charge in [0.2, 0.25) is 0 Å². The number of likely N-dealkylation sites (tertiary alicyclic amines) is 1. The van der Waals surface area contributed by atoms with Gasteiger partial charge in [-0.05, 0) is 44.0 Å². The fourth-order valence-electron chi connectivity index (χ4n) is 3.94. The van der Waals surface area contributed by atoms with Crippen molar-refractivity contribution in [3.63, 3.8) is 0 Å². The summed E-state index contributed by atoms with van der Waals surface area (Å²) in [6.45, 7) is 2.24. The largest absolute Gasteiger partial charge is 0.493 e. The lowest BCUT2D eigenvalue weighted by Crippen LogP contribution is -2.51. The van der Waals surface area contributed by atoms with Crippen LogP contribution in [-0.4, -0.2) is 57.3 Å². The van der Waals surface area contributed by atoms with Gasteiger partial charge in [-0.15, -0.1) is 0 Å². The SMILES string of the molecule is COc1c(F)cccc1C(=O)NNC(=O)[C@@H]1CCCN1C(=O)c1cc(C)ccc1-n1nccn1. The van der Waals surface area contributed by atoms with Crippen molar-refractivity contribution in [1.29, 1.82) is 0 Å². The van der Waals surface area contributed by atoms with E-state index in [2.05, 4.69) is 21.0 Å². The number of methoxy groups -OCH3 is 1. The standard InChI is InChI=1S/C23H23FN6O4/c1-14-8-9-18(30-25-10-11-26-30)16(13-14)23(33)29-12-4-7-19(29)22(32)28-27-21(31)15-5-3-6-17(24)20(15)34-2/h3,5-6,8-11,13,19H,4,7,12H2,1-2H3,(H,27,31)(H,28,32)/t19-/m0/s1. The third-order valence-electron chi connectivity index (χ3n) is 5.55. The lowest BCUT2D eigenvalue weighted by molar-refractivity contribution is -0.125. The summed E-state index contributed by atoms with van der Waals surface area (Å²) in [7, 11) is 1.24. The molecule has 0 bridgehead atoms. The van der Waals surface area contributed by atoms with Gasteiger partial charge in [0, 0.05) is 6.54 Å². The van der Waals surface area contributed by atoms with Gasteiger partial charge >= 0.3 is 0 Å².